The third-order valence-electron chi connectivity index (χ3n) is 3.95. The molecule has 1 N–H and O–H groups in total. The van der Waals surface area contributed by atoms with Gasteiger partial charge in [0.2, 0.25) is 0 Å². The summed E-state index contributed by atoms with van der Waals surface area (Å²) in [5.41, 5.74) is 2.14. The number of oxime groups is 1. The van der Waals surface area contributed by atoms with Crippen molar-refractivity contribution < 1.29 is 24.2 Å². The maximum Gasteiger partial charge on any atom is 0.344 e. The van der Waals surface area contributed by atoms with Gasteiger partial charge in [0.25, 0.3) is 0 Å². The number of benzene rings is 2. The number of rotatable bonds is 11. The Bertz CT molecular complexity index is 725. The summed E-state index contributed by atoms with van der Waals surface area (Å²) in [6.07, 6.45) is 2.91. The van der Waals surface area contributed by atoms with Crippen LogP contribution in [0.25, 0.3) is 0 Å². The van der Waals surface area contributed by atoms with Crippen molar-refractivity contribution in [1.29, 1.82) is 0 Å². The van der Waals surface area contributed by atoms with Crippen molar-refractivity contribution in [2.75, 3.05) is 7.11 Å². The fraction of sp³-hybridized carbons (Fsp3) is 0.333. The summed E-state index contributed by atoms with van der Waals surface area (Å²) < 4.78 is 10.5. The van der Waals surface area contributed by atoms with Gasteiger partial charge in [-0.2, -0.15) is 0 Å². The van der Waals surface area contributed by atoms with Gasteiger partial charge in [-0.1, -0.05) is 36.3 Å². The van der Waals surface area contributed by atoms with Gasteiger partial charge in [0.05, 0.1) is 7.11 Å². The van der Waals surface area contributed by atoms with E-state index in [1.807, 2.05) is 36.4 Å². The molecule has 0 radical (unpaired) electrons. The van der Waals surface area contributed by atoms with Crippen molar-refractivity contribution in [2.45, 2.75) is 38.9 Å². The number of ether oxygens (including phenoxy) is 2. The molecule has 0 amide bonds. The molecule has 0 aliphatic rings. The minimum absolute atomic E-state index is 0.411. The van der Waals surface area contributed by atoms with Crippen LogP contribution >= 0.6 is 0 Å². The lowest BCUT2D eigenvalue weighted by Crippen LogP contribution is -2.25. The predicted molar refractivity (Wildman–Crippen MR) is 103 cm³/mol. The molecule has 27 heavy (non-hydrogen) atoms. The van der Waals surface area contributed by atoms with Gasteiger partial charge in [-0.3, -0.25) is 0 Å². The van der Waals surface area contributed by atoms with Gasteiger partial charge in [-0.05, 0) is 54.7 Å². The third kappa shape index (κ3) is 7.01. The van der Waals surface area contributed by atoms with Gasteiger partial charge in [-0.25, -0.2) is 4.79 Å². The molecule has 6 heteroatoms. The summed E-state index contributed by atoms with van der Waals surface area (Å²) in [5.74, 6) is 0.420. The van der Waals surface area contributed by atoms with Crippen LogP contribution in [0.4, 0.5) is 0 Å². The molecule has 0 fully saturated rings. The Kier molecular flexibility index (Phi) is 8.16. The van der Waals surface area contributed by atoms with E-state index in [0.717, 1.165) is 29.7 Å². The SMILES string of the molecule is CCC(Oc1ccc(CCC=NOCc2ccc(OC)cc2)cc1)C(=O)O. The Morgan fingerprint density at radius 2 is 1.70 bits per heavy atom. The summed E-state index contributed by atoms with van der Waals surface area (Å²) in [4.78, 5) is 16.3. The fourth-order valence-electron chi connectivity index (χ4n) is 2.38. The number of methoxy groups -OCH3 is 1. The number of aryl methyl sites for hydroxylation is 1. The van der Waals surface area contributed by atoms with E-state index in [-0.39, 0.29) is 0 Å². The van der Waals surface area contributed by atoms with E-state index in [4.69, 9.17) is 19.4 Å². The van der Waals surface area contributed by atoms with Gasteiger partial charge in [0.15, 0.2) is 6.10 Å². The smallest absolute Gasteiger partial charge is 0.344 e. The molecule has 0 aliphatic carbocycles. The molecule has 0 heterocycles. The second-order valence-corrected chi connectivity index (χ2v) is 5.95. The largest absolute Gasteiger partial charge is 0.497 e. The van der Waals surface area contributed by atoms with Crippen LogP contribution in [0, 0.1) is 0 Å². The van der Waals surface area contributed by atoms with E-state index >= 15 is 0 Å². The van der Waals surface area contributed by atoms with Crippen LogP contribution in [0.1, 0.15) is 30.9 Å². The van der Waals surface area contributed by atoms with Gasteiger partial charge in [0.1, 0.15) is 18.1 Å². The first-order chi connectivity index (χ1) is 13.1. The topological polar surface area (TPSA) is 77.3 Å². The Labute approximate surface area is 159 Å². The average Bonchev–Trinajstić information content (AvgIpc) is 2.70. The number of carboxylic acids is 1. The highest BCUT2D eigenvalue weighted by atomic mass is 16.6. The first-order valence-corrected chi connectivity index (χ1v) is 8.87. The number of carbonyl (C=O) groups is 1. The molecule has 0 saturated carbocycles. The number of nitrogens with zero attached hydrogens (tertiary/aromatic N) is 1. The molecule has 0 spiro atoms. The number of carboxylic acid groups (broad SMARTS) is 1. The average molecular weight is 371 g/mol. The maximum absolute atomic E-state index is 11.0. The van der Waals surface area contributed by atoms with Gasteiger partial charge >= 0.3 is 5.97 Å². The summed E-state index contributed by atoms with van der Waals surface area (Å²) in [6.45, 7) is 2.19. The normalized spacial score (nSPS) is 11.9. The first-order valence-electron chi connectivity index (χ1n) is 8.87. The zero-order valence-electron chi connectivity index (χ0n) is 15.6. The lowest BCUT2D eigenvalue weighted by Gasteiger charge is -2.13. The molecule has 1 unspecified atom stereocenters. The standard InChI is InChI=1S/C21H25NO5/c1-3-20(21(23)24)27-19-12-6-16(7-13-19)5-4-14-22-26-15-17-8-10-18(25-2)11-9-17/h6-14,20H,3-5,15H2,1-2H3,(H,23,24). The molecule has 2 aromatic carbocycles. The van der Waals surface area contributed by atoms with Gasteiger partial charge < -0.3 is 19.4 Å². The zero-order valence-corrected chi connectivity index (χ0v) is 15.6. The Morgan fingerprint density at radius 3 is 2.30 bits per heavy atom. The summed E-state index contributed by atoms with van der Waals surface area (Å²) >= 11 is 0. The van der Waals surface area contributed by atoms with Crippen molar-refractivity contribution in [3.63, 3.8) is 0 Å². The highest BCUT2D eigenvalue weighted by Gasteiger charge is 2.16. The molecule has 0 aromatic heterocycles. The van der Waals surface area contributed by atoms with Crippen molar-refractivity contribution in [2.24, 2.45) is 5.16 Å². The number of hydrogen-bond acceptors (Lipinski definition) is 5. The van der Waals surface area contributed by atoms with Crippen molar-refractivity contribution in [3.8, 4) is 11.5 Å². The lowest BCUT2D eigenvalue weighted by molar-refractivity contribution is -0.145. The van der Waals surface area contributed by atoms with Crippen LogP contribution in [-0.4, -0.2) is 30.5 Å². The first kappa shape index (κ1) is 20.3. The highest BCUT2D eigenvalue weighted by molar-refractivity contribution is 5.72. The van der Waals surface area contributed by atoms with E-state index in [1.54, 1.807) is 32.4 Å². The predicted octanol–water partition coefficient (Wildman–Crippen LogP) is 4.07. The molecular weight excluding hydrogens is 346 g/mol. The fourth-order valence-corrected chi connectivity index (χ4v) is 2.38. The van der Waals surface area contributed by atoms with E-state index in [1.165, 1.54) is 0 Å². The van der Waals surface area contributed by atoms with Crippen LogP contribution in [0.15, 0.2) is 53.7 Å². The molecular formula is C21H25NO5. The Hall–Kier alpha value is -3.02. The summed E-state index contributed by atoms with van der Waals surface area (Å²) in [6, 6.07) is 15.1. The summed E-state index contributed by atoms with van der Waals surface area (Å²) in [7, 11) is 1.63. The minimum atomic E-state index is -0.951. The van der Waals surface area contributed by atoms with Crippen LogP contribution in [-0.2, 0) is 22.7 Å². The van der Waals surface area contributed by atoms with Crippen LogP contribution in [0.3, 0.4) is 0 Å². The van der Waals surface area contributed by atoms with Crippen molar-refractivity contribution in [1.82, 2.24) is 0 Å². The monoisotopic (exact) mass is 371 g/mol. The van der Waals surface area contributed by atoms with Gasteiger partial charge in [-0.15, -0.1) is 0 Å². The molecule has 2 aromatic rings. The van der Waals surface area contributed by atoms with Crippen LogP contribution in [0.5, 0.6) is 11.5 Å². The molecule has 0 bridgehead atoms. The van der Waals surface area contributed by atoms with Crippen LogP contribution < -0.4 is 9.47 Å². The molecule has 6 nitrogen and oxygen atoms in total. The Balaban J connectivity index is 1.70. The Morgan fingerprint density at radius 1 is 1.07 bits per heavy atom. The van der Waals surface area contributed by atoms with E-state index in [9.17, 15) is 4.79 Å². The van der Waals surface area contributed by atoms with Crippen LogP contribution in [0.2, 0.25) is 0 Å². The molecule has 2 rings (SSSR count). The maximum atomic E-state index is 11.0. The van der Waals surface area contributed by atoms with E-state index in [0.29, 0.717) is 18.8 Å². The lowest BCUT2D eigenvalue weighted by atomic mass is 10.1. The molecule has 0 aliphatic heterocycles. The highest BCUT2D eigenvalue weighted by Crippen LogP contribution is 2.16. The molecule has 0 saturated heterocycles. The quantitative estimate of drug-likeness (QED) is 0.476. The minimum Gasteiger partial charge on any atom is -0.497 e. The third-order valence-corrected chi connectivity index (χ3v) is 3.95. The van der Waals surface area contributed by atoms with Crippen molar-refractivity contribution in [3.05, 3.63) is 59.7 Å². The summed E-state index contributed by atoms with van der Waals surface area (Å²) in [5, 5.41) is 13.0. The second kappa shape index (κ2) is 10.9. The number of hydrogen-bond donors (Lipinski definition) is 1. The molecule has 144 valence electrons. The molecule has 1 atom stereocenters. The van der Waals surface area contributed by atoms with E-state index in [2.05, 4.69) is 5.16 Å². The van der Waals surface area contributed by atoms with Crippen molar-refractivity contribution >= 4 is 12.2 Å². The zero-order chi connectivity index (χ0) is 19.5. The van der Waals surface area contributed by atoms with E-state index < -0.39 is 12.1 Å². The second-order valence-electron chi connectivity index (χ2n) is 5.95. The number of aliphatic carboxylic acids is 1. The van der Waals surface area contributed by atoms with Gasteiger partial charge in [0, 0.05) is 6.21 Å².